The fourth-order valence-corrected chi connectivity index (χ4v) is 2.64. The number of methoxy groups -OCH3 is 1. The van der Waals surface area contributed by atoms with Gasteiger partial charge >= 0.3 is 6.18 Å². The predicted octanol–water partition coefficient (Wildman–Crippen LogP) is 3.14. The summed E-state index contributed by atoms with van der Waals surface area (Å²) < 4.78 is 49.4. The summed E-state index contributed by atoms with van der Waals surface area (Å²) in [4.78, 5) is 0. The van der Waals surface area contributed by atoms with Gasteiger partial charge in [-0.25, -0.2) is 0 Å². The molecule has 0 spiro atoms. The van der Waals surface area contributed by atoms with Gasteiger partial charge in [-0.1, -0.05) is 0 Å². The highest BCUT2D eigenvalue weighted by Gasteiger charge is 2.33. The molecule has 1 saturated heterocycles. The molecule has 1 N–H and O–H groups in total. The fraction of sp³-hybridized carbons (Fsp3) is 0.500. The molecule has 1 aromatic carbocycles. The van der Waals surface area contributed by atoms with Crippen molar-refractivity contribution >= 4 is 15.9 Å². The van der Waals surface area contributed by atoms with Crippen LogP contribution in [0.2, 0.25) is 0 Å². The van der Waals surface area contributed by atoms with Gasteiger partial charge in [0.1, 0.15) is 5.75 Å². The number of nitrogens with one attached hydrogen (secondary N) is 1. The molecule has 0 amide bonds. The summed E-state index contributed by atoms with van der Waals surface area (Å²) in [5, 5.41) is 3.09. The van der Waals surface area contributed by atoms with Crippen LogP contribution in [0.25, 0.3) is 0 Å². The number of benzene rings is 1. The molecule has 1 atom stereocenters. The molecule has 0 aliphatic carbocycles. The van der Waals surface area contributed by atoms with Gasteiger partial charge in [-0.15, -0.1) is 0 Å². The maximum Gasteiger partial charge on any atom is 0.416 e. The maximum atomic E-state index is 12.8. The summed E-state index contributed by atoms with van der Waals surface area (Å²) >= 11 is 3.12. The Kier molecular flexibility index (Phi) is 4.37. The molecule has 0 radical (unpaired) electrons. The second-order valence-electron chi connectivity index (χ2n) is 4.14. The van der Waals surface area contributed by atoms with Crippen LogP contribution in [0, 0.1) is 0 Å². The summed E-state index contributed by atoms with van der Waals surface area (Å²) in [6.45, 7) is 1.62. The fourth-order valence-electron chi connectivity index (χ4n) is 2.00. The minimum Gasteiger partial charge on any atom is -0.495 e. The Bertz CT molecular complexity index is 459. The molecule has 0 saturated carbocycles. The lowest BCUT2D eigenvalue weighted by atomic mass is 10.0. The lowest BCUT2D eigenvalue weighted by Gasteiger charge is -2.26. The van der Waals surface area contributed by atoms with Crippen molar-refractivity contribution in [1.29, 1.82) is 0 Å². The van der Waals surface area contributed by atoms with Crippen LogP contribution in [0.1, 0.15) is 17.2 Å². The van der Waals surface area contributed by atoms with E-state index in [1.54, 1.807) is 0 Å². The SMILES string of the molecule is COc1c(Br)cc(C(F)(F)F)cc1C1CNCCO1. The molecule has 1 fully saturated rings. The van der Waals surface area contributed by atoms with Gasteiger partial charge in [-0.05, 0) is 28.1 Å². The van der Waals surface area contributed by atoms with E-state index in [9.17, 15) is 13.2 Å². The quantitative estimate of drug-likeness (QED) is 0.897. The van der Waals surface area contributed by atoms with E-state index in [1.807, 2.05) is 0 Å². The summed E-state index contributed by atoms with van der Waals surface area (Å²) in [7, 11) is 1.42. The van der Waals surface area contributed by atoms with Gasteiger partial charge in [0.25, 0.3) is 0 Å². The van der Waals surface area contributed by atoms with Crippen molar-refractivity contribution in [2.24, 2.45) is 0 Å². The zero-order valence-corrected chi connectivity index (χ0v) is 11.8. The van der Waals surface area contributed by atoms with Crippen LogP contribution in [-0.4, -0.2) is 26.8 Å². The molecule has 2 rings (SSSR count). The Balaban J connectivity index is 2.46. The van der Waals surface area contributed by atoms with Gasteiger partial charge < -0.3 is 14.8 Å². The second kappa shape index (κ2) is 5.68. The van der Waals surface area contributed by atoms with Gasteiger partial charge in [-0.3, -0.25) is 0 Å². The Morgan fingerprint density at radius 3 is 2.68 bits per heavy atom. The molecule has 1 aromatic rings. The molecule has 19 heavy (non-hydrogen) atoms. The third-order valence-electron chi connectivity index (χ3n) is 2.88. The Labute approximate surface area is 117 Å². The third-order valence-corrected chi connectivity index (χ3v) is 3.47. The van der Waals surface area contributed by atoms with Crippen molar-refractivity contribution in [1.82, 2.24) is 5.32 Å². The van der Waals surface area contributed by atoms with Crippen LogP contribution >= 0.6 is 15.9 Å². The van der Waals surface area contributed by atoms with Gasteiger partial charge in [0.05, 0.1) is 29.9 Å². The minimum atomic E-state index is -4.40. The highest BCUT2D eigenvalue weighted by Crippen LogP contribution is 2.40. The van der Waals surface area contributed by atoms with Crippen molar-refractivity contribution in [3.8, 4) is 5.75 Å². The average molecular weight is 340 g/mol. The molecular formula is C12H13BrF3NO2. The highest BCUT2D eigenvalue weighted by atomic mass is 79.9. The van der Waals surface area contributed by atoms with E-state index in [0.29, 0.717) is 31.0 Å². The summed E-state index contributed by atoms with van der Waals surface area (Å²) in [5.41, 5.74) is -0.319. The van der Waals surface area contributed by atoms with Crippen molar-refractivity contribution < 1.29 is 22.6 Å². The molecular weight excluding hydrogens is 327 g/mol. The van der Waals surface area contributed by atoms with Crippen molar-refractivity contribution in [2.75, 3.05) is 26.8 Å². The van der Waals surface area contributed by atoms with Crippen LogP contribution in [0.3, 0.4) is 0 Å². The van der Waals surface area contributed by atoms with Gasteiger partial charge in [-0.2, -0.15) is 13.2 Å². The molecule has 0 aromatic heterocycles. The van der Waals surface area contributed by atoms with Crippen LogP contribution in [-0.2, 0) is 10.9 Å². The van der Waals surface area contributed by atoms with Crippen molar-refractivity contribution in [3.05, 3.63) is 27.7 Å². The van der Waals surface area contributed by atoms with Crippen molar-refractivity contribution in [2.45, 2.75) is 12.3 Å². The van der Waals surface area contributed by atoms with Crippen LogP contribution in [0.15, 0.2) is 16.6 Å². The van der Waals surface area contributed by atoms with E-state index in [1.165, 1.54) is 7.11 Å². The summed E-state index contributed by atoms with van der Waals surface area (Å²) in [6.07, 6.45) is -4.84. The van der Waals surface area contributed by atoms with Crippen LogP contribution < -0.4 is 10.1 Å². The zero-order chi connectivity index (χ0) is 14.0. The zero-order valence-electron chi connectivity index (χ0n) is 10.2. The van der Waals surface area contributed by atoms with E-state index in [0.717, 1.165) is 12.1 Å². The smallest absolute Gasteiger partial charge is 0.416 e. The maximum absolute atomic E-state index is 12.8. The molecule has 1 aliphatic heterocycles. The van der Waals surface area contributed by atoms with E-state index in [-0.39, 0.29) is 4.47 Å². The van der Waals surface area contributed by atoms with Gasteiger partial charge in [0, 0.05) is 18.7 Å². The Hall–Kier alpha value is -0.790. The number of alkyl halides is 3. The number of hydrogen-bond donors (Lipinski definition) is 1. The summed E-state index contributed by atoms with van der Waals surface area (Å²) in [5.74, 6) is 0.377. The van der Waals surface area contributed by atoms with E-state index in [4.69, 9.17) is 9.47 Å². The average Bonchev–Trinajstić information content (AvgIpc) is 2.37. The molecule has 0 bridgehead atoms. The van der Waals surface area contributed by atoms with Gasteiger partial charge in [0.15, 0.2) is 0 Å². The normalized spacial score (nSPS) is 20.4. The van der Waals surface area contributed by atoms with Gasteiger partial charge in [0.2, 0.25) is 0 Å². The number of rotatable bonds is 2. The number of ether oxygens (including phenoxy) is 2. The van der Waals surface area contributed by atoms with Crippen molar-refractivity contribution in [3.63, 3.8) is 0 Å². The standard InChI is InChI=1S/C12H13BrF3NO2/c1-18-11-8(10-6-17-2-3-19-10)4-7(5-9(11)13)12(14,15)16/h4-5,10,17H,2-3,6H2,1H3. The molecule has 106 valence electrons. The van der Waals surface area contributed by atoms with E-state index >= 15 is 0 Å². The Morgan fingerprint density at radius 2 is 2.16 bits per heavy atom. The largest absolute Gasteiger partial charge is 0.495 e. The van der Waals surface area contributed by atoms with Crippen LogP contribution in [0.4, 0.5) is 13.2 Å². The Morgan fingerprint density at radius 1 is 1.42 bits per heavy atom. The van der Waals surface area contributed by atoms with E-state index in [2.05, 4.69) is 21.2 Å². The lowest BCUT2D eigenvalue weighted by Crippen LogP contribution is -2.33. The first kappa shape index (κ1) is 14.6. The summed E-state index contributed by atoms with van der Waals surface area (Å²) in [6, 6.07) is 2.10. The molecule has 7 heteroatoms. The lowest BCUT2D eigenvalue weighted by molar-refractivity contribution is -0.137. The monoisotopic (exact) mass is 339 g/mol. The highest BCUT2D eigenvalue weighted by molar-refractivity contribution is 9.10. The minimum absolute atomic E-state index is 0.272. The van der Waals surface area contributed by atoms with Crippen LogP contribution in [0.5, 0.6) is 5.75 Å². The number of halogens is 4. The van der Waals surface area contributed by atoms with E-state index < -0.39 is 17.8 Å². The first-order valence-electron chi connectivity index (χ1n) is 5.70. The first-order valence-corrected chi connectivity index (χ1v) is 6.49. The molecule has 1 unspecified atom stereocenters. The second-order valence-corrected chi connectivity index (χ2v) is 5.00. The number of hydrogen-bond acceptors (Lipinski definition) is 3. The topological polar surface area (TPSA) is 30.5 Å². The first-order chi connectivity index (χ1) is 8.93. The molecule has 1 heterocycles. The predicted molar refractivity (Wildman–Crippen MR) is 67.3 cm³/mol. The number of morpholine rings is 1. The molecule has 3 nitrogen and oxygen atoms in total. The third kappa shape index (κ3) is 3.21. The molecule has 1 aliphatic rings.